The fourth-order valence-electron chi connectivity index (χ4n) is 2.89. The Hall–Kier alpha value is -3.25. The first kappa shape index (κ1) is 20.5. The lowest BCUT2D eigenvalue weighted by molar-refractivity contribution is -0.129. The quantitative estimate of drug-likeness (QED) is 0.605. The van der Waals surface area contributed by atoms with Gasteiger partial charge in [-0.2, -0.15) is 0 Å². The van der Waals surface area contributed by atoms with E-state index in [-0.39, 0.29) is 30.9 Å². The molecule has 0 aliphatic carbocycles. The Morgan fingerprint density at radius 1 is 1.07 bits per heavy atom. The number of rotatable bonds is 9. The minimum atomic E-state index is -0.413. The second-order valence-electron chi connectivity index (χ2n) is 6.57. The zero-order valence-corrected chi connectivity index (χ0v) is 16.3. The van der Waals surface area contributed by atoms with E-state index in [1.165, 1.54) is 6.07 Å². The van der Waals surface area contributed by atoms with Crippen molar-refractivity contribution in [3.63, 3.8) is 0 Å². The second-order valence-corrected chi connectivity index (χ2v) is 6.57. The largest absolute Gasteiger partial charge is 0.489 e. The second kappa shape index (κ2) is 10.3. The maximum Gasteiger partial charge on any atom is 0.236 e. The number of hydrogen-bond acceptors (Lipinski definition) is 4. The molecule has 0 aliphatic rings. The van der Waals surface area contributed by atoms with Crippen LogP contribution in [0.25, 0.3) is 0 Å². The Morgan fingerprint density at radius 3 is 2.52 bits per heavy atom. The summed E-state index contributed by atoms with van der Waals surface area (Å²) in [5, 5.41) is 3.30. The van der Waals surface area contributed by atoms with Crippen LogP contribution in [-0.4, -0.2) is 42.5 Å². The number of pyridine rings is 1. The van der Waals surface area contributed by atoms with Gasteiger partial charge in [0.25, 0.3) is 0 Å². The van der Waals surface area contributed by atoms with Crippen LogP contribution in [0.5, 0.6) is 5.75 Å². The fraction of sp³-hybridized carbons (Fsp3) is 0.217. The van der Waals surface area contributed by atoms with Crippen molar-refractivity contribution in [2.75, 3.05) is 26.7 Å². The molecule has 0 bridgehead atoms. The van der Waals surface area contributed by atoms with Crippen LogP contribution in [0.1, 0.15) is 17.3 Å². The van der Waals surface area contributed by atoms with Crippen LogP contribution in [0.3, 0.4) is 0 Å². The van der Waals surface area contributed by atoms with Crippen molar-refractivity contribution in [1.29, 1.82) is 0 Å². The number of nitrogens with zero attached hydrogens (tertiary/aromatic N) is 2. The molecule has 1 unspecified atom stereocenters. The van der Waals surface area contributed by atoms with Gasteiger partial charge in [0, 0.05) is 13.2 Å². The van der Waals surface area contributed by atoms with Crippen molar-refractivity contribution in [2.45, 2.75) is 6.04 Å². The van der Waals surface area contributed by atoms with Crippen molar-refractivity contribution >= 4 is 5.91 Å². The van der Waals surface area contributed by atoms with E-state index < -0.39 is 5.82 Å². The number of para-hydroxylation sites is 1. The summed E-state index contributed by atoms with van der Waals surface area (Å²) in [4.78, 5) is 18.5. The number of aromatic nitrogens is 1. The van der Waals surface area contributed by atoms with E-state index in [9.17, 15) is 9.18 Å². The third kappa shape index (κ3) is 5.86. The molecule has 0 saturated carbocycles. The molecular weight excluding hydrogens is 369 g/mol. The number of hydrogen-bond donors (Lipinski definition) is 1. The van der Waals surface area contributed by atoms with E-state index in [0.29, 0.717) is 6.54 Å². The maximum absolute atomic E-state index is 13.6. The third-order valence-corrected chi connectivity index (χ3v) is 4.52. The summed E-state index contributed by atoms with van der Waals surface area (Å²) in [6, 6.07) is 21.6. The highest BCUT2D eigenvalue weighted by molar-refractivity contribution is 5.78. The van der Waals surface area contributed by atoms with Crippen LogP contribution in [0.15, 0.2) is 79.0 Å². The first-order valence-electron chi connectivity index (χ1n) is 9.45. The van der Waals surface area contributed by atoms with Crippen molar-refractivity contribution in [1.82, 2.24) is 15.2 Å². The van der Waals surface area contributed by atoms with Gasteiger partial charge in [-0.05, 0) is 29.8 Å². The van der Waals surface area contributed by atoms with Crippen LogP contribution < -0.4 is 10.1 Å². The zero-order chi connectivity index (χ0) is 20.5. The minimum absolute atomic E-state index is 0.0843. The van der Waals surface area contributed by atoms with Gasteiger partial charge >= 0.3 is 0 Å². The van der Waals surface area contributed by atoms with Gasteiger partial charge in [-0.1, -0.05) is 48.5 Å². The van der Waals surface area contributed by atoms with Gasteiger partial charge in [0.1, 0.15) is 6.61 Å². The molecule has 0 spiro atoms. The molecule has 1 N–H and O–H groups in total. The molecule has 29 heavy (non-hydrogen) atoms. The molecule has 3 rings (SSSR count). The van der Waals surface area contributed by atoms with Crippen LogP contribution in [0, 0.1) is 5.82 Å². The molecule has 1 aromatic heterocycles. The number of benzene rings is 2. The van der Waals surface area contributed by atoms with Crippen LogP contribution >= 0.6 is 0 Å². The summed E-state index contributed by atoms with van der Waals surface area (Å²) in [6.07, 6.45) is 1.74. The number of likely N-dealkylation sites (N-methyl/N-ethyl adjacent to an activating group) is 1. The molecule has 0 radical (unpaired) electrons. The van der Waals surface area contributed by atoms with Gasteiger partial charge in [0.15, 0.2) is 11.6 Å². The summed E-state index contributed by atoms with van der Waals surface area (Å²) in [7, 11) is 1.70. The molecule has 1 heterocycles. The Bertz CT molecular complexity index is 867. The van der Waals surface area contributed by atoms with Crippen LogP contribution in [0.4, 0.5) is 4.39 Å². The molecule has 5 nitrogen and oxygen atoms in total. The van der Waals surface area contributed by atoms with Crippen molar-refractivity contribution in [2.24, 2.45) is 0 Å². The molecule has 6 heteroatoms. The van der Waals surface area contributed by atoms with E-state index in [1.54, 1.807) is 36.3 Å². The number of nitrogens with one attached hydrogen (secondary N) is 1. The number of carbonyl (C=O) groups excluding carboxylic acids is 1. The number of ether oxygens (including phenoxy) is 1. The number of halogens is 1. The number of amides is 1. The van der Waals surface area contributed by atoms with E-state index >= 15 is 0 Å². The molecule has 0 fully saturated rings. The van der Waals surface area contributed by atoms with E-state index in [4.69, 9.17) is 4.74 Å². The molecule has 1 amide bonds. The third-order valence-electron chi connectivity index (χ3n) is 4.52. The average Bonchev–Trinajstić information content (AvgIpc) is 2.76. The monoisotopic (exact) mass is 393 g/mol. The lowest BCUT2D eigenvalue weighted by atomic mass is 10.0. The number of carbonyl (C=O) groups is 1. The zero-order valence-electron chi connectivity index (χ0n) is 16.3. The van der Waals surface area contributed by atoms with E-state index in [0.717, 1.165) is 11.3 Å². The standard InChI is InChI=1S/C23H24FN3O2/c1-27(15-16-29-21-13-6-5-11-19(21)24)22(28)17-26-23(18-9-3-2-4-10-18)20-12-7-8-14-25-20/h2-14,23,26H,15-17H2,1H3. The first-order chi connectivity index (χ1) is 14.1. The van der Waals surface area contributed by atoms with Gasteiger partial charge in [0.2, 0.25) is 5.91 Å². The van der Waals surface area contributed by atoms with E-state index in [2.05, 4.69) is 10.3 Å². The smallest absolute Gasteiger partial charge is 0.236 e. The van der Waals surface area contributed by atoms with Crippen molar-refractivity contribution in [3.05, 3.63) is 96.1 Å². The van der Waals surface area contributed by atoms with Crippen LogP contribution in [0.2, 0.25) is 0 Å². The minimum Gasteiger partial charge on any atom is -0.489 e. The Kier molecular flexibility index (Phi) is 7.30. The normalized spacial score (nSPS) is 11.7. The highest BCUT2D eigenvalue weighted by atomic mass is 19.1. The Balaban J connectivity index is 1.55. The highest BCUT2D eigenvalue weighted by Gasteiger charge is 2.17. The first-order valence-corrected chi connectivity index (χ1v) is 9.45. The van der Waals surface area contributed by atoms with Crippen molar-refractivity contribution < 1.29 is 13.9 Å². The topological polar surface area (TPSA) is 54.5 Å². The predicted molar refractivity (Wildman–Crippen MR) is 110 cm³/mol. The van der Waals surface area contributed by atoms with Gasteiger partial charge in [-0.3, -0.25) is 15.1 Å². The summed E-state index contributed by atoms with van der Waals surface area (Å²) < 4.78 is 19.0. The summed E-state index contributed by atoms with van der Waals surface area (Å²) in [5.74, 6) is -0.311. The predicted octanol–water partition coefficient (Wildman–Crippen LogP) is 3.44. The van der Waals surface area contributed by atoms with Gasteiger partial charge in [-0.25, -0.2) is 4.39 Å². The molecule has 2 aromatic carbocycles. The summed E-state index contributed by atoms with van der Waals surface area (Å²) in [6.45, 7) is 0.715. The fourth-order valence-corrected chi connectivity index (χ4v) is 2.89. The summed E-state index contributed by atoms with van der Waals surface area (Å²) >= 11 is 0. The highest BCUT2D eigenvalue weighted by Crippen LogP contribution is 2.19. The molecule has 3 aromatic rings. The van der Waals surface area contributed by atoms with E-state index in [1.807, 2.05) is 48.5 Å². The van der Waals surface area contributed by atoms with Gasteiger partial charge in [0.05, 0.1) is 24.8 Å². The van der Waals surface area contributed by atoms with Gasteiger partial charge in [-0.15, -0.1) is 0 Å². The van der Waals surface area contributed by atoms with Crippen LogP contribution in [-0.2, 0) is 4.79 Å². The Morgan fingerprint density at radius 2 is 1.79 bits per heavy atom. The lowest BCUT2D eigenvalue weighted by Crippen LogP contribution is -2.39. The molecule has 1 atom stereocenters. The molecule has 0 aliphatic heterocycles. The molecule has 0 saturated heterocycles. The lowest BCUT2D eigenvalue weighted by Gasteiger charge is -2.22. The average molecular weight is 393 g/mol. The molecular formula is C23H24FN3O2. The Labute approximate surface area is 170 Å². The van der Waals surface area contributed by atoms with Crippen molar-refractivity contribution in [3.8, 4) is 5.75 Å². The summed E-state index contributed by atoms with van der Waals surface area (Å²) in [5.41, 5.74) is 1.88. The maximum atomic E-state index is 13.6. The SMILES string of the molecule is CN(CCOc1ccccc1F)C(=O)CNC(c1ccccc1)c1ccccn1. The molecule has 150 valence electrons. The van der Waals surface area contributed by atoms with Gasteiger partial charge < -0.3 is 9.64 Å².